The zero-order valence-corrected chi connectivity index (χ0v) is 16.8. The minimum absolute atomic E-state index is 0.112. The van der Waals surface area contributed by atoms with Crippen molar-refractivity contribution < 1.29 is 24.3 Å². The van der Waals surface area contributed by atoms with Crippen molar-refractivity contribution in [3.8, 4) is 11.5 Å². The molecule has 2 N–H and O–H groups in total. The fourth-order valence-corrected chi connectivity index (χ4v) is 2.28. The quantitative estimate of drug-likeness (QED) is 0.197. The molecule has 10 heteroatoms. The van der Waals surface area contributed by atoms with Gasteiger partial charge >= 0.3 is 0 Å². The topological polar surface area (TPSA) is 136 Å². The first-order valence-electron chi connectivity index (χ1n) is 9.04. The van der Waals surface area contributed by atoms with Crippen LogP contribution in [0.4, 0.5) is 17.1 Å². The van der Waals surface area contributed by atoms with Gasteiger partial charge in [-0.05, 0) is 37.6 Å². The number of carbonyl (C=O) groups excluding carboxylic acids is 1. The number of nitro groups is 1. The molecule has 2 aromatic carbocycles. The number of ether oxygens (including phenoxy) is 2. The molecule has 0 aromatic heterocycles. The van der Waals surface area contributed by atoms with Crippen LogP contribution < -0.4 is 14.8 Å². The number of rotatable bonds is 9. The van der Waals surface area contributed by atoms with Crippen LogP contribution in [0.2, 0.25) is 0 Å². The first kappa shape index (κ1) is 22.3. The first-order chi connectivity index (χ1) is 14.3. The SMILES string of the molecule is CCCOc1ccc(OC)cc1N=N/C(C(=O)Nc1ccc([N+](=O)[O-])cc1)=C(/C)O. The fraction of sp³-hybridized carbons (Fsp3) is 0.250. The smallest absolute Gasteiger partial charge is 0.279 e. The Hall–Kier alpha value is -3.95. The Morgan fingerprint density at radius 2 is 1.93 bits per heavy atom. The summed E-state index contributed by atoms with van der Waals surface area (Å²) in [5.74, 6) is -0.106. The summed E-state index contributed by atoms with van der Waals surface area (Å²) in [5.41, 5.74) is 0.189. The summed E-state index contributed by atoms with van der Waals surface area (Å²) in [5, 5.41) is 31.0. The maximum atomic E-state index is 12.5. The molecule has 0 saturated heterocycles. The monoisotopic (exact) mass is 414 g/mol. The fourth-order valence-electron chi connectivity index (χ4n) is 2.28. The number of benzene rings is 2. The van der Waals surface area contributed by atoms with Gasteiger partial charge in [-0.3, -0.25) is 14.9 Å². The summed E-state index contributed by atoms with van der Waals surface area (Å²) in [6.45, 7) is 3.73. The summed E-state index contributed by atoms with van der Waals surface area (Å²) in [6, 6.07) is 10.2. The number of amides is 1. The number of non-ortho nitro benzene ring substituents is 1. The molecular formula is C20H22N4O6. The van der Waals surface area contributed by atoms with Crippen LogP contribution >= 0.6 is 0 Å². The van der Waals surface area contributed by atoms with Crippen LogP contribution in [0.25, 0.3) is 0 Å². The van der Waals surface area contributed by atoms with E-state index in [9.17, 15) is 20.0 Å². The second kappa shape index (κ2) is 10.6. The number of anilines is 1. The van der Waals surface area contributed by atoms with Crippen molar-refractivity contribution >= 4 is 23.0 Å². The first-order valence-corrected chi connectivity index (χ1v) is 9.04. The molecule has 0 unspecified atom stereocenters. The van der Waals surface area contributed by atoms with E-state index in [-0.39, 0.29) is 17.1 Å². The van der Waals surface area contributed by atoms with Crippen molar-refractivity contribution in [1.29, 1.82) is 0 Å². The van der Waals surface area contributed by atoms with Gasteiger partial charge in [0, 0.05) is 23.9 Å². The van der Waals surface area contributed by atoms with Crippen molar-refractivity contribution in [2.75, 3.05) is 19.0 Å². The molecule has 2 aromatic rings. The van der Waals surface area contributed by atoms with E-state index in [1.165, 1.54) is 38.3 Å². The largest absolute Gasteiger partial charge is 0.510 e. The molecule has 0 bridgehead atoms. The number of allylic oxidation sites excluding steroid dienone is 1. The Labute approximate surface area is 173 Å². The Bertz CT molecular complexity index is 966. The van der Waals surface area contributed by atoms with Gasteiger partial charge in [0.1, 0.15) is 22.9 Å². The minimum Gasteiger partial charge on any atom is -0.510 e. The standard InChI is InChI=1S/C20H22N4O6/c1-4-11-30-18-10-9-16(29-3)12-17(18)22-23-19(13(2)25)20(26)21-14-5-7-15(8-6-14)24(27)28/h5-10,12,25H,4,11H2,1-3H3,(H,21,26)/b19-13-,23-22?. The molecule has 0 heterocycles. The third-order valence-corrected chi connectivity index (χ3v) is 3.78. The van der Waals surface area contributed by atoms with Gasteiger partial charge in [-0.1, -0.05) is 6.92 Å². The highest BCUT2D eigenvalue weighted by molar-refractivity contribution is 6.03. The van der Waals surface area contributed by atoms with E-state index < -0.39 is 10.8 Å². The number of hydrogen-bond donors (Lipinski definition) is 2. The summed E-state index contributed by atoms with van der Waals surface area (Å²) < 4.78 is 10.8. The van der Waals surface area contributed by atoms with E-state index in [1.807, 2.05) is 6.92 Å². The van der Waals surface area contributed by atoms with Crippen molar-refractivity contribution in [2.45, 2.75) is 20.3 Å². The Kier molecular flexibility index (Phi) is 7.86. The van der Waals surface area contributed by atoms with E-state index in [2.05, 4.69) is 15.5 Å². The van der Waals surface area contributed by atoms with Gasteiger partial charge in [0.05, 0.1) is 18.6 Å². The Morgan fingerprint density at radius 3 is 2.50 bits per heavy atom. The van der Waals surface area contributed by atoms with Gasteiger partial charge in [-0.15, -0.1) is 10.2 Å². The Morgan fingerprint density at radius 1 is 1.23 bits per heavy atom. The summed E-state index contributed by atoms with van der Waals surface area (Å²) in [6.07, 6.45) is 0.793. The molecule has 0 aliphatic rings. The number of nitro benzene ring substituents is 1. The number of nitrogens with one attached hydrogen (secondary N) is 1. The molecule has 2 rings (SSSR count). The van der Waals surface area contributed by atoms with Gasteiger partial charge in [-0.25, -0.2) is 0 Å². The van der Waals surface area contributed by atoms with Crippen LogP contribution in [0.5, 0.6) is 11.5 Å². The molecular weight excluding hydrogens is 392 g/mol. The predicted molar refractivity (Wildman–Crippen MR) is 110 cm³/mol. The average molecular weight is 414 g/mol. The number of hydrogen-bond acceptors (Lipinski definition) is 8. The lowest BCUT2D eigenvalue weighted by molar-refractivity contribution is -0.384. The molecule has 10 nitrogen and oxygen atoms in total. The highest BCUT2D eigenvalue weighted by Gasteiger charge is 2.15. The van der Waals surface area contributed by atoms with E-state index in [1.54, 1.807) is 18.2 Å². The van der Waals surface area contributed by atoms with Crippen molar-refractivity contribution in [3.05, 3.63) is 64.0 Å². The summed E-state index contributed by atoms with van der Waals surface area (Å²) in [4.78, 5) is 22.7. The van der Waals surface area contributed by atoms with Gasteiger partial charge < -0.3 is 19.9 Å². The van der Waals surface area contributed by atoms with Gasteiger partial charge in [0.2, 0.25) is 0 Å². The lowest BCUT2D eigenvalue weighted by Gasteiger charge is -2.09. The lowest BCUT2D eigenvalue weighted by Crippen LogP contribution is -2.14. The molecule has 1 amide bonds. The molecule has 0 atom stereocenters. The maximum absolute atomic E-state index is 12.5. The number of carbonyl (C=O) groups is 1. The average Bonchev–Trinajstić information content (AvgIpc) is 2.72. The highest BCUT2D eigenvalue weighted by atomic mass is 16.6. The maximum Gasteiger partial charge on any atom is 0.279 e. The third kappa shape index (κ3) is 6.03. The van der Waals surface area contributed by atoms with Gasteiger partial charge in [0.25, 0.3) is 11.6 Å². The van der Waals surface area contributed by atoms with Crippen molar-refractivity contribution in [2.24, 2.45) is 10.2 Å². The second-order valence-corrected chi connectivity index (χ2v) is 6.07. The summed E-state index contributed by atoms with van der Waals surface area (Å²) in [7, 11) is 1.50. The molecule has 0 aliphatic heterocycles. The van der Waals surface area contributed by atoms with Crippen LogP contribution in [-0.4, -0.2) is 29.7 Å². The van der Waals surface area contributed by atoms with Crippen LogP contribution in [0, 0.1) is 10.1 Å². The minimum atomic E-state index is -0.730. The van der Waals surface area contributed by atoms with Crippen molar-refractivity contribution in [3.63, 3.8) is 0 Å². The van der Waals surface area contributed by atoms with Gasteiger partial charge in [-0.2, -0.15) is 0 Å². The number of methoxy groups -OCH3 is 1. The summed E-state index contributed by atoms with van der Waals surface area (Å²) >= 11 is 0. The van der Waals surface area contributed by atoms with E-state index in [0.717, 1.165) is 6.42 Å². The van der Waals surface area contributed by atoms with Crippen LogP contribution in [0.1, 0.15) is 20.3 Å². The second-order valence-electron chi connectivity index (χ2n) is 6.07. The molecule has 30 heavy (non-hydrogen) atoms. The Balaban J connectivity index is 2.24. The normalized spacial score (nSPS) is 11.7. The third-order valence-electron chi connectivity index (χ3n) is 3.78. The molecule has 158 valence electrons. The van der Waals surface area contributed by atoms with Crippen molar-refractivity contribution in [1.82, 2.24) is 0 Å². The number of aliphatic hydroxyl groups is 1. The van der Waals surface area contributed by atoms with Gasteiger partial charge in [0.15, 0.2) is 5.70 Å². The highest BCUT2D eigenvalue weighted by Crippen LogP contribution is 2.32. The molecule has 0 spiro atoms. The molecule has 0 radical (unpaired) electrons. The molecule has 0 aliphatic carbocycles. The predicted octanol–water partition coefficient (Wildman–Crippen LogP) is 4.90. The number of aliphatic hydroxyl groups excluding tert-OH is 1. The number of nitrogens with zero attached hydrogens (tertiary/aromatic N) is 3. The van der Waals surface area contributed by atoms with Crippen LogP contribution in [0.3, 0.4) is 0 Å². The van der Waals surface area contributed by atoms with Crippen LogP contribution in [0.15, 0.2) is 64.1 Å². The molecule has 0 fully saturated rings. The lowest BCUT2D eigenvalue weighted by atomic mass is 10.2. The zero-order valence-electron chi connectivity index (χ0n) is 16.8. The van der Waals surface area contributed by atoms with Crippen LogP contribution in [-0.2, 0) is 4.79 Å². The van der Waals surface area contributed by atoms with E-state index in [0.29, 0.717) is 29.5 Å². The van der Waals surface area contributed by atoms with E-state index >= 15 is 0 Å². The number of azo groups is 1. The van der Waals surface area contributed by atoms with E-state index in [4.69, 9.17) is 9.47 Å². The zero-order chi connectivity index (χ0) is 22.1. The molecule has 0 saturated carbocycles.